The van der Waals surface area contributed by atoms with Crippen molar-refractivity contribution in [2.75, 3.05) is 0 Å². The van der Waals surface area contributed by atoms with Crippen LogP contribution >= 0.6 is 0 Å². The van der Waals surface area contributed by atoms with E-state index in [1.807, 2.05) is 24.4 Å². The number of nitrogens with two attached hydrogens (primary N) is 1. The molecule has 5 heteroatoms. The van der Waals surface area contributed by atoms with Crippen LogP contribution < -0.4 is 5.73 Å². The molecule has 14 heavy (non-hydrogen) atoms. The van der Waals surface area contributed by atoms with Crippen LogP contribution in [-0.4, -0.2) is 20.7 Å². The van der Waals surface area contributed by atoms with Crippen LogP contribution in [0.5, 0.6) is 0 Å². The lowest BCUT2D eigenvalue weighted by Crippen LogP contribution is -2.15. The molecule has 0 fully saturated rings. The zero-order chi connectivity index (χ0) is 9.97. The molecule has 2 aromatic rings. The van der Waals surface area contributed by atoms with Crippen molar-refractivity contribution in [1.82, 2.24) is 9.61 Å². The monoisotopic (exact) mass is 190 g/mol. The van der Waals surface area contributed by atoms with Crippen LogP contribution in [0.4, 0.5) is 0 Å². The molecule has 2 rings (SSSR count). The Labute approximate surface area is 80.5 Å². The molecule has 5 nitrogen and oxygen atoms in total. The quantitative estimate of drug-likeness (QED) is 0.315. The first kappa shape index (κ1) is 8.55. The number of nitrogens with zero attached hydrogens (tertiary/aromatic N) is 3. The number of amidine groups is 1. The summed E-state index contributed by atoms with van der Waals surface area (Å²) in [6.07, 6.45) is 3.99. The summed E-state index contributed by atoms with van der Waals surface area (Å²) in [5.74, 6) is 0.194. The Morgan fingerprint density at radius 3 is 3.21 bits per heavy atom. The zero-order valence-electron chi connectivity index (χ0n) is 7.46. The topological polar surface area (TPSA) is 75.9 Å². The molecule has 0 atom stereocenters. The molecule has 0 aliphatic carbocycles. The molecule has 0 aliphatic heterocycles. The van der Waals surface area contributed by atoms with Crippen molar-refractivity contribution in [3.05, 3.63) is 36.2 Å². The summed E-state index contributed by atoms with van der Waals surface area (Å²) in [5.41, 5.74) is 7.39. The molecule has 0 amide bonds. The van der Waals surface area contributed by atoms with E-state index in [0.29, 0.717) is 6.42 Å². The molecule has 0 spiro atoms. The number of hydrogen-bond donors (Lipinski definition) is 2. The summed E-state index contributed by atoms with van der Waals surface area (Å²) >= 11 is 0. The average molecular weight is 190 g/mol. The number of oxime groups is 1. The van der Waals surface area contributed by atoms with Gasteiger partial charge in [-0.3, -0.25) is 0 Å². The largest absolute Gasteiger partial charge is 0.409 e. The highest BCUT2D eigenvalue weighted by atomic mass is 16.4. The summed E-state index contributed by atoms with van der Waals surface area (Å²) < 4.78 is 1.75. The normalized spacial score (nSPS) is 12.1. The minimum atomic E-state index is 0.194. The highest BCUT2D eigenvalue weighted by Crippen LogP contribution is 2.10. The van der Waals surface area contributed by atoms with E-state index in [4.69, 9.17) is 10.9 Å². The summed E-state index contributed by atoms with van der Waals surface area (Å²) in [6.45, 7) is 0. The van der Waals surface area contributed by atoms with E-state index in [1.54, 1.807) is 10.7 Å². The average Bonchev–Trinajstić information content (AvgIpc) is 2.66. The van der Waals surface area contributed by atoms with E-state index in [9.17, 15) is 0 Å². The van der Waals surface area contributed by atoms with Gasteiger partial charge in [0.15, 0.2) is 0 Å². The van der Waals surface area contributed by atoms with Gasteiger partial charge in [0.2, 0.25) is 0 Å². The third-order valence-electron chi connectivity index (χ3n) is 2.02. The molecular formula is C9H10N4O. The predicted octanol–water partition coefficient (Wildman–Crippen LogP) is 0.623. The molecule has 2 aromatic heterocycles. The van der Waals surface area contributed by atoms with E-state index in [-0.39, 0.29) is 5.84 Å². The lowest BCUT2D eigenvalue weighted by atomic mass is 10.1. The van der Waals surface area contributed by atoms with Gasteiger partial charge in [0.25, 0.3) is 0 Å². The summed E-state index contributed by atoms with van der Waals surface area (Å²) in [4.78, 5) is 0. The fourth-order valence-corrected chi connectivity index (χ4v) is 1.39. The Bertz CT molecular complexity index is 474. The third-order valence-corrected chi connectivity index (χ3v) is 2.02. The molecule has 72 valence electrons. The second-order valence-corrected chi connectivity index (χ2v) is 2.96. The second kappa shape index (κ2) is 3.37. The van der Waals surface area contributed by atoms with Gasteiger partial charge in [-0.1, -0.05) is 11.2 Å². The summed E-state index contributed by atoms with van der Waals surface area (Å²) in [5, 5.41) is 15.5. The molecule has 0 saturated carbocycles. The van der Waals surface area contributed by atoms with E-state index in [1.165, 1.54) is 0 Å². The van der Waals surface area contributed by atoms with Gasteiger partial charge >= 0.3 is 0 Å². The smallest absolute Gasteiger partial charge is 0.143 e. The number of fused-ring (bicyclic) bond motifs is 1. The van der Waals surface area contributed by atoms with Gasteiger partial charge in [0, 0.05) is 18.8 Å². The van der Waals surface area contributed by atoms with Crippen LogP contribution in [-0.2, 0) is 6.42 Å². The minimum absolute atomic E-state index is 0.194. The fourth-order valence-electron chi connectivity index (χ4n) is 1.39. The van der Waals surface area contributed by atoms with Crippen molar-refractivity contribution in [2.45, 2.75) is 6.42 Å². The maximum Gasteiger partial charge on any atom is 0.143 e. The van der Waals surface area contributed by atoms with Crippen molar-refractivity contribution in [3.8, 4) is 0 Å². The molecule has 0 radical (unpaired) electrons. The van der Waals surface area contributed by atoms with Crippen molar-refractivity contribution in [1.29, 1.82) is 0 Å². The van der Waals surface area contributed by atoms with Gasteiger partial charge in [-0.2, -0.15) is 5.10 Å². The summed E-state index contributed by atoms with van der Waals surface area (Å²) in [7, 11) is 0. The van der Waals surface area contributed by atoms with E-state index < -0.39 is 0 Å². The molecule has 2 heterocycles. The van der Waals surface area contributed by atoms with Crippen molar-refractivity contribution >= 4 is 11.4 Å². The molecular weight excluding hydrogens is 180 g/mol. The molecule has 0 unspecified atom stereocenters. The number of pyridine rings is 1. The van der Waals surface area contributed by atoms with Crippen LogP contribution in [0.2, 0.25) is 0 Å². The van der Waals surface area contributed by atoms with E-state index in [2.05, 4.69) is 10.3 Å². The first-order valence-electron chi connectivity index (χ1n) is 4.19. The third kappa shape index (κ3) is 1.39. The SMILES string of the molecule is N/C(Cc1cccn2nccc12)=N\O. The maximum atomic E-state index is 8.46. The predicted molar refractivity (Wildman–Crippen MR) is 52.3 cm³/mol. The van der Waals surface area contributed by atoms with Crippen LogP contribution in [0.25, 0.3) is 5.52 Å². The molecule has 3 N–H and O–H groups in total. The van der Waals surface area contributed by atoms with Crippen molar-refractivity contribution in [3.63, 3.8) is 0 Å². The Morgan fingerprint density at radius 1 is 1.57 bits per heavy atom. The van der Waals surface area contributed by atoms with Gasteiger partial charge in [-0.25, -0.2) is 4.52 Å². The summed E-state index contributed by atoms with van der Waals surface area (Å²) in [6, 6.07) is 5.69. The Morgan fingerprint density at radius 2 is 2.43 bits per heavy atom. The zero-order valence-corrected chi connectivity index (χ0v) is 7.46. The Hall–Kier alpha value is -2.04. The van der Waals surface area contributed by atoms with Gasteiger partial charge < -0.3 is 10.9 Å². The van der Waals surface area contributed by atoms with Crippen molar-refractivity contribution in [2.24, 2.45) is 10.9 Å². The van der Waals surface area contributed by atoms with Crippen molar-refractivity contribution < 1.29 is 5.21 Å². The van der Waals surface area contributed by atoms with Crippen LogP contribution in [0.1, 0.15) is 5.56 Å². The molecule has 0 bridgehead atoms. The van der Waals surface area contributed by atoms with Gasteiger partial charge in [0.05, 0.1) is 5.52 Å². The van der Waals surface area contributed by atoms with Gasteiger partial charge in [0.1, 0.15) is 5.84 Å². The van der Waals surface area contributed by atoms with E-state index >= 15 is 0 Å². The van der Waals surface area contributed by atoms with Gasteiger partial charge in [-0.05, 0) is 17.7 Å². The van der Waals surface area contributed by atoms with E-state index in [0.717, 1.165) is 11.1 Å². The highest BCUT2D eigenvalue weighted by Gasteiger charge is 2.03. The Balaban J connectivity index is 2.46. The maximum absolute atomic E-state index is 8.46. The fraction of sp³-hybridized carbons (Fsp3) is 0.111. The van der Waals surface area contributed by atoms with Crippen LogP contribution in [0, 0.1) is 0 Å². The first-order chi connectivity index (χ1) is 6.81. The lowest BCUT2D eigenvalue weighted by Gasteiger charge is -2.01. The second-order valence-electron chi connectivity index (χ2n) is 2.96. The Kier molecular flexibility index (Phi) is 2.06. The molecule has 0 saturated heterocycles. The first-order valence-corrected chi connectivity index (χ1v) is 4.19. The minimum Gasteiger partial charge on any atom is -0.409 e. The molecule has 0 aliphatic rings. The molecule has 0 aromatic carbocycles. The number of aromatic nitrogens is 2. The standard InChI is InChI=1S/C9H10N4O/c10-9(12-14)6-7-2-1-5-13-8(7)3-4-11-13/h1-5,14H,6H2,(H2,10,12). The van der Waals surface area contributed by atoms with Crippen LogP contribution in [0.3, 0.4) is 0 Å². The lowest BCUT2D eigenvalue weighted by molar-refractivity contribution is 0.317. The van der Waals surface area contributed by atoms with Gasteiger partial charge in [-0.15, -0.1) is 0 Å². The highest BCUT2D eigenvalue weighted by molar-refractivity contribution is 5.83. The van der Waals surface area contributed by atoms with Crippen LogP contribution in [0.15, 0.2) is 35.7 Å². The number of rotatable bonds is 2. The number of hydrogen-bond acceptors (Lipinski definition) is 3.